The molecule has 4 aromatic rings. The second kappa shape index (κ2) is 9.22. The molecule has 4 rings (SSSR count). The van der Waals surface area contributed by atoms with Crippen LogP contribution in [0.5, 0.6) is 0 Å². The molecule has 0 saturated heterocycles. The molecule has 3 aromatic carbocycles. The van der Waals surface area contributed by atoms with Crippen molar-refractivity contribution in [2.45, 2.75) is 45.7 Å². The van der Waals surface area contributed by atoms with E-state index in [9.17, 15) is 4.79 Å². The van der Waals surface area contributed by atoms with Crippen molar-refractivity contribution >= 4 is 16.8 Å². The average Bonchev–Trinajstić information content (AvgIpc) is 3.16. The van der Waals surface area contributed by atoms with Crippen LogP contribution >= 0.6 is 0 Å². The van der Waals surface area contributed by atoms with Gasteiger partial charge in [-0.05, 0) is 43.5 Å². The molecule has 0 bridgehead atoms. The minimum absolute atomic E-state index is 0.000531. The van der Waals surface area contributed by atoms with Gasteiger partial charge in [0, 0.05) is 36.0 Å². The minimum atomic E-state index is -0.0242. The number of nitrogens with one attached hydrogen (secondary N) is 1. The van der Waals surface area contributed by atoms with E-state index < -0.39 is 0 Å². The van der Waals surface area contributed by atoms with Gasteiger partial charge in [-0.1, -0.05) is 78.4 Å². The number of aromatic nitrogens is 1. The molecule has 1 N–H and O–H groups in total. The highest BCUT2D eigenvalue weighted by Crippen LogP contribution is 2.35. The number of hydrogen-bond acceptors (Lipinski definition) is 1. The summed E-state index contributed by atoms with van der Waals surface area (Å²) in [6.07, 6.45) is 2.64. The SMILES string of the molecule is CCn1cc([C@H](CC(=O)N[C@@H](C)c2ccccc2)c2cccc(C)c2)c2ccccc21. The largest absolute Gasteiger partial charge is 0.350 e. The number of hydrogen-bond donors (Lipinski definition) is 1. The topological polar surface area (TPSA) is 34.0 Å². The van der Waals surface area contributed by atoms with E-state index in [1.54, 1.807) is 0 Å². The molecule has 3 nitrogen and oxygen atoms in total. The van der Waals surface area contributed by atoms with E-state index in [2.05, 4.69) is 90.6 Å². The van der Waals surface area contributed by atoms with Crippen LogP contribution in [0.3, 0.4) is 0 Å². The second-order valence-electron chi connectivity index (χ2n) is 8.26. The van der Waals surface area contributed by atoms with Gasteiger partial charge in [0.2, 0.25) is 5.91 Å². The van der Waals surface area contributed by atoms with Crippen molar-refractivity contribution in [3.63, 3.8) is 0 Å². The summed E-state index contributed by atoms with van der Waals surface area (Å²) in [4.78, 5) is 13.2. The molecule has 31 heavy (non-hydrogen) atoms. The van der Waals surface area contributed by atoms with Crippen LogP contribution in [0.1, 0.15) is 54.5 Å². The normalized spacial score (nSPS) is 13.1. The van der Waals surface area contributed by atoms with Gasteiger partial charge in [0.15, 0.2) is 0 Å². The van der Waals surface area contributed by atoms with Crippen molar-refractivity contribution in [2.24, 2.45) is 0 Å². The molecule has 1 heterocycles. The monoisotopic (exact) mass is 410 g/mol. The fourth-order valence-corrected chi connectivity index (χ4v) is 4.42. The molecular formula is C28H30N2O. The standard InChI is InChI=1S/C28H30N2O/c1-4-30-19-26(24-15-8-9-16-27(24)30)25(23-14-10-11-20(2)17-23)18-28(31)29-21(3)22-12-6-5-7-13-22/h5-17,19,21,25H,4,18H2,1-3H3,(H,29,31)/t21-,25+/m0/s1. The Labute approximate surface area is 184 Å². The Balaban J connectivity index is 1.69. The fourth-order valence-electron chi connectivity index (χ4n) is 4.42. The van der Waals surface area contributed by atoms with Crippen LogP contribution in [0, 0.1) is 6.92 Å². The summed E-state index contributed by atoms with van der Waals surface area (Å²) >= 11 is 0. The summed E-state index contributed by atoms with van der Waals surface area (Å²) in [6, 6.07) is 27.1. The van der Waals surface area contributed by atoms with Gasteiger partial charge in [-0.3, -0.25) is 4.79 Å². The Hall–Kier alpha value is -3.33. The number of carbonyl (C=O) groups excluding carboxylic acids is 1. The van der Waals surface area contributed by atoms with Crippen molar-refractivity contribution in [2.75, 3.05) is 0 Å². The van der Waals surface area contributed by atoms with Crippen LogP contribution < -0.4 is 5.32 Å². The number of nitrogens with zero attached hydrogens (tertiary/aromatic N) is 1. The van der Waals surface area contributed by atoms with Crippen LogP contribution in [0.2, 0.25) is 0 Å². The van der Waals surface area contributed by atoms with Gasteiger partial charge in [0.25, 0.3) is 0 Å². The van der Waals surface area contributed by atoms with Gasteiger partial charge in [-0.15, -0.1) is 0 Å². The number of fused-ring (bicyclic) bond motifs is 1. The highest BCUT2D eigenvalue weighted by Gasteiger charge is 2.23. The lowest BCUT2D eigenvalue weighted by atomic mass is 9.87. The molecule has 0 aliphatic heterocycles. The summed E-state index contributed by atoms with van der Waals surface area (Å²) < 4.78 is 2.28. The fraction of sp³-hybridized carbons (Fsp3) is 0.250. The van der Waals surface area contributed by atoms with E-state index >= 15 is 0 Å². The lowest BCUT2D eigenvalue weighted by Gasteiger charge is -2.20. The summed E-state index contributed by atoms with van der Waals surface area (Å²) in [7, 11) is 0. The highest BCUT2D eigenvalue weighted by atomic mass is 16.1. The van der Waals surface area contributed by atoms with E-state index in [-0.39, 0.29) is 17.9 Å². The molecule has 0 fully saturated rings. The Bertz CT molecular complexity index is 1180. The molecule has 1 amide bonds. The van der Waals surface area contributed by atoms with Crippen molar-refractivity contribution < 1.29 is 4.79 Å². The van der Waals surface area contributed by atoms with Crippen molar-refractivity contribution in [3.05, 3.63) is 107 Å². The first kappa shape index (κ1) is 20.9. The highest BCUT2D eigenvalue weighted by molar-refractivity contribution is 5.86. The summed E-state index contributed by atoms with van der Waals surface area (Å²) in [5, 5.41) is 4.43. The first-order valence-electron chi connectivity index (χ1n) is 11.1. The summed E-state index contributed by atoms with van der Waals surface area (Å²) in [5.74, 6) is 0.0664. The molecule has 2 atom stereocenters. The lowest BCUT2D eigenvalue weighted by molar-refractivity contribution is -0.121. The van der Waals surface area contributed by atoms with E-state index in [4.69, 9.17) is 0 Å². The Kier molecular flexibility index (Phi) is 6.22. The molecule has 3 heteroatoms. The van der Waals surface area contributed by atoms with Gasteiger partial charge >= 0.3 is 0 Å². The van der Waals surface area contributed by atoms with Gasteiger partial charge in [-0.2, -0.15) is 0 Å². The molecule has 0 aliphatic rings. The quantitative estimate of drug-likeness (QED) is 0.377. The van der Waals surface area contributed by atoms with Gasteiger partial charge < -0.3 is 9.88 Å². The van der Waals surface area contributed by atoms with Gasteiger partial charge in [0.1, 0.15) is 0 Å². The number of amides is 1. The number of aryl methyl sites for hydroxylation is 2. The molecule has 1 aromatic heterocycles. The average molecular weight is 411 g/mol. The predicted molar refractivity (Wildman–Crippen MR) is 128 cm³/mol. The summed E-state index contributed by atoms with van der Waals surface area (Å²) in [5.41, 5.74) is 5.94. The maximum absolute atomic E-state index is 13.2. The van der Waals surface area contributed by atoms with Crippen LogP contribution in [-0.2, 0) is 11.3 Å². The lowest BCUT2D eigenvalue weighted by Crippen LogP contribution is -2.28. The second-order valence-corrected chi connectivity index (χ2v) is 8.26. The zero-order chi connectivity index (χ0) is 21.8. The van der Waals surface area contributed by atoms with Gasteiger partial charge in [-0.25, -0.2) is 0 Å². The molecule has 0 unspecified atom stereocenters. The zero-order valence-corrected chi connectivity index (χ0v) is 18.5. The number of para-hydroxylation sites is 1. The van der Waals surface area contributed by atoms with E-state index in [1.807, 2.05) is 25.1 Å². The first-order chi connectivity index (χ1) is 15.1. The first-order valence-corrected chi connectivity index (χ1v) is 11.1. The molecule has 0 spiro atoms. The summed E-state index contributed by atoms with van der Waals surface area (Å²) in [6.45, 7) is 7.20. The van der Waals surface area contributed by atoms with Crippen molar-refractivity contribution in [3.8, 4) is 0 Å². The third-order valence-electron chi connectivity index (χ3n) is 6.05. The van der Waals surface area contributed by atoms with E-state index in [1.165, 1.54) is 27.6 Å². The molecule has 0 aliphatic carbocycles. The van der Waals surface area contributed by atoms with Crippen LogP contribution in [-0.4, -0.2) is 10.5 Å². The third-order valence-corrected chi connectivity index (χ3v) is 6.05. The van der Waals surface area contributed by atoms with E-state index in [0.717, 1.165) is 12.1 Å². The molecule has 0 radical (unpaired) electrons. The number of benzene rings is 3. The Morgan fingerprint density at radius 3 is 2.39 bits per heavy atom. The molecule has 0 saturated carbocycles. The minimum Gasteiger partial charge on any atom is -0.350 e. The van der Waals surface area contributed by atoms with Crippen molar-refractivity contribution in [1.82, 2.24) is 9.88 Å². The number of rotatable bonds is 7. The third kappa shape index (κ3) is 4.56. The smallest absolute Gasteiger partial charge is 0.221 e. The predicted octanol–water partition coefficient (Wildman–Crippen LogP) is 6.37. The Morgan fingerprint density at radius 1 is 0.935 bits per heavy atom. The maximum atomic E-state index is 13.2. The zero-order valence-electron chi connectivity index (χ0n) is 18.5. The molecular weight excluding hydrogens is 380 g/mol. The number of carbonyl (C=O) groups is 1. The van der Waals surface area contributed by atoms with Crippen molar-refractivity contribution in [1.29, 1.82) is 0 Å². The van der Waals surface area contributed by atoms with E-state index in [0.29, 0.717) is 6.42 Å². The molecule has 158 valence electrons. The van der Waals surface area contributed by atoms with Gasteiger partial charge in [0.05, 0.1) is 6.04 Å². The maximum Gasteiger partial charge on any atom is 0.221 e. The Morgan fingerprint density at radius 2 is 1.65 bits per heavy atom. The van der Waals surface area contributed by atoms with Crippen LogP contribution in [0.15, 0.2) is 85.1 Å². The van der Waals surface area contributed by atoms with Crippen LogP contribution in [0.25, 0.3) is 10.9 Å². The van der Waals surface area contributed by atoms with Crippen LogP contribution in [0.4, 0.5) is 0 Å².